The zero-order valence-corrected chi connectivity index (χ0v) is 9.78. The highest BCUT2D eigenvalue weighted by Gasteiger charge is 2.32. The van der Waals surface area contributed by atoms with Crippen molar-refractivity contribution in [1.29, 1.82) is 5.26 Å². The second kappa shape index (κ2) is 5.17. The number of carbonyl (C=O) groups excluding carboxylic acids is 1. The van der Waals surface area contributed by atoms with Gasteiger partial charge in [-0.05, 0) is 17.7 Å². The Morgan fingerprint density at radius 2 is 1.83 bits per heavy atom. The minimum absolute atomic E-state index is 0.129. The molecule has 2 N–H and O–H groups in total. The number of benzene rings is 1. The SMILES string of the molecule is N#Cc1ccc(CC(=O)N2CC(O)C(O)C2)cc1. The highest BCUT2D eigenvalue weighted by Crippen LogP contribution is 2.12. The summed E-state index contributed by atoms with van der Waals surface area (Å²) < 4.78 is 0. The average Bonchev–Trinajstić information content (AvgIpc) is 2.71. The van der Waals surface area contributed by atoms with E-state index in [0.717, 1.165) is 5.56 Å². The minimum atomic E-state index is -0.852. The summed E-state index contributed by atoms with van der Waals surface area (Å²) in [5.74, 6) is -0.129. The van der Waals surface area contributed by atoms with Crippen LogP contribution in [0.25, 0.3) is 0 Å². The molecule has 0 bridgehead atoms. The molecular weight excluding hydrogens is 232 g/mol. The summed E-state index contributed by atoms with van der Waals surface area (Å²) in [6.07, 6.45) is -1.49. The molecule has 1 aliphatic rings. The Morgan fingerprint density at radius 1 is 1.28 bits per heavy atom. The molecule has 1 aliphatic heterocycles. The fourth-order valence-corrected chi connectivity index (χ4v) is 1.96. The van der Waals surface area contributed by atoms with Gasteiger partial charge < -0.3 is 15.1 Å². The van der Waals surface area contributed by atoms with E-state index < -0.39 is 12.2 Å². The van der Waals surface area contributed by atoms with Gasteiger partial charge in [-0.3, -0.25) is 4.79 Å². The monoisotopic (exact) mass is 246 g/mol. The minimum Gasteiger partial charge on any atom is -0.388 e. The summed E-state index contributed by atoms with van der Waals surface area (Å²) in [5.41, 5.74) is 1.37. The Kier molecular flexibility index (Phi) is 3.60. The molecule has 0 aliphatic carbocycles. The van der Waals surface area contributed by atoms with Gasteiger partial charge in [-0.2, -0.15) is 5.26 Å². The first-order valence-electron chi connectivity index (χ1n) is 5.73. The molecule has 1 aromatic rings. The Morgan fingerprint density at radius 3 is 2.33 bits per heavy atom. The Balaban J connectivity index is 1.97. The van der Waals surface area contributed by atoms with Gasteiger partial charge in [0.25, 0.3) is 0 Å². The lowest BCUT2D eigenvalue weighted by Crippen LogP contribution is -2.31. The smallest absolute Gasteiger partial charge is 0.227 e. The van der Waals surface area contributed by atoms with Gasteiger partial charge in [-0.1, -0.05) is 12.1 Å². The molecule has 5 nitrogen and oxygen atoms in total. The first-order valence-corrected chi connectivity index (χ1v) is 5.73. The highest BCUT2D eigenvalue weighted by atomic mass is 16.3. The Hall–Kier alpha value is -1.90. The first kappa shape index (κ1) is 12.6. The quantitative estimate of drug-likeness (QED) is 0.748. The van der Waals surface area contributed by atoms with E-state index in [0.29, 0.717) is 5.56 Å². The second-order valence-corrected chi connectivity index (χ2v) is 4.42. The Bertz CT molecular complexity index is 468. The number of nitriles is 1. The van der Waals surface area contributed by atoms with Gasteiger partial charge in [0.05, 0.1) is 30.3 Å². The fourth-order valence-electron chi connectivity index (χ4n) is 1.96. The number of β-amino-alcohol motifs (C(OH)–C–C–N with tert-alkyl or cyclic N) is 2. The topological polar surface area (TPSA) is 84.6 Å². The van der Waals surface area contributed by atoms with Crippen LogP contribution in [-0.4, -0.2) is 46.3 Å². The van der Waals surface area contributed by atoms with E-state index in [-0.39, 0.29) is 25.4 Å². The standard InChI is InChI=1S/C13H14N2O3/c14-6-10-3-1-9(2-4-10)5-13(18)15-7-11(16)12(17)8-15/h1-4,11-12,16-17H,5,7-8H2. The average molecular weight is 246 g/mol. The number of nitrogens with zero attached hydrogens (tertiary/aromatic N) is 2. The summed E-state index contributed by atoms with van der Waals surface area (Å²) >= 11 is 0. The molecule has 0 aromatic heterocycles. The molecule has 5 heteroatoms. The number of rotatable bonds is 2. The molecule has 1 amide bonds. The van der Waals surface area contributed by atoms with Crippen LogP contribution in [-0.2, 0) is 11.2 Å². The molecule has 18 heavy (non-hydrogen) atoms. The van der Waals surface area contributed by atoms with Crippen LogP contribution < -0.4 is 0 Å². The van der Waals surface area contributed by atoms with Gasteiger partial charge in [0.2, 0.25) is 5.91 Å². The molecule has 2 unspecified atom stereocenters. The van der Waals surface area contributed by atoms with Crippen molar-refractivity contribution in [2.75, 3.05) is 13.1 Å². The molecule has 1 heterocycles. The summed E-state index contributed by atoms with van der Waals surface area (Å²) in [6, 6.07) is 8.81. The molecular formula is C13H14N2O3. The van der Waals surface area contributed by atoms with Crippen LogP contribution >= 0.6 is 0 Å². The van der Waals surface area contributed by atoms with Gasteiger partial charge >= 0.3 is 0 Å². The van der Waals surface area contributed by atoms with E-state index in [1.807, 2.05) is 6.07 Å². The maximum absolute atomic E-state index is 11.9. The third-order valence-electron chi connectivity index (χ3n) is 3.05. The molecule has 2 rings (SSSR count). The summed E-state index contributed by atoms with van der Waals surface area (Å²) in [4.78, 5) is 13.4. The van der Waals surface area contributed by atoms with E-state index in [1.54, 1.807) is 24.3 Å². The lowest BCUT2D eigenvalue weighted by Gasteiger charge is -2.15. The molecule has 1 saturated heterocycles. The molecule has 0 saturated carbocycles. The van der Waals surface area contributed by atoms with Gasteiger partial charge in [0, 0.05) is 13.1 Å². The molecule has 2 atom stereocenters. The van der Waals surface area contributed by atoms with Crippen molar-refractivity contribution < 1.29 is 15.0 Å². The summed E-state index contributed by atoms with van der Waals surface area (Å²) in [7, 11) is 0. The van der Waals surface area contributed by atoms with Crippen LogP contribution in [0.1, 0.15) is 11.1 Å². The third-order valence-corrected chi connectivity index (χ3v) is 3.05. The second-order valence-electron chi connectivity index (χ2n) is 4.42. The summed E-state index contributed by atoms with van der Waals surface area (Å²) in [5, 5.41) is 27.4. The highest BCUT2D eigenvalue weighted by molar-refractivity contribution is 5.79. The Labute approximate surface area is 105 Å². The summed E-state index contributed by atoms with van der Waals surface area (Å²) in [6.45, 7) is 0.354. The van der Waals surface area contributed by atoms with Crippen LogP contribution in [0.3, 0.4) is 0 Å². The zero-order chi connectivity index (χ0) is 13.1. The van der Waals surface area contributed by atoms with Crippen molar-refractivity contribution in [2.45, 2.75) is 18.6 Å². The maximum Gasteiger partial charge on any atom is 0.227 e. The fraction of sp³-hybridized carbons (Fsp3) is 0.385. The largest absolute Gasteiger partial charge is 0.388 e. The van der Waals surface area contributed by atoms with E-state index in [2.05, 4.69) is 0 Å². The van der Waals surface area contributed by atoms with Crippen LogP contribution in [0.2, 0.25) is 0 Å². The molecule has 1 aromatic carbocycles. The van der Waals surface area contributed by atoms with Crippen molar-refractivity contribution in [3.05, 3.63) is 35.4 Å². The lowest BCUT2D eigenvalue weighted by molar-refractivity contribution is -0.129. The molecule has 1 fully saturated rings. The van der Waals surface area contributed by atoms with E-state index in [1.165, 1.54) is 4.90 Å². The molecule has 0 radical (unpaired) electrons. The maximum atomic E-state index is 11.9. The predicted octanol–water partition coefficient (Wildman–Crippen LogP) is -0.335. The van der Waals surface area contributed by atoms with Crippen molar-refractivity contribution in [3.63, 3.8) is 0 Å². The van der Waals surface area contributed by atoms with E-state index in [4.69, 9.17) is 5.26 Å². The third kappa shape index (κ3) is 2.67. The number of aliphatic hydroxyl groups excluding tert-OH is 2. The van der Waals surface area contributed by atoms with Crippen molar-refractivity contribution in [2.24, 2.45) is 0 Å². The predicted molar refractivity (Wildman–Crippen MR) is 63.5 cm³/mol. The number of amides is 1. The first-order chi connectivity index (χ1) is 8.60. The van der Waals surface area contributed by atoms with Crippen molar-refractivity contribution in [3.8, 4) is 6.07 Å². The number of hydrogen-bond donors (Lipinski definition) is 2. The zero-order valence-electron chi connectivity index (χ0n) is 9.78. The van der Waals surface area contributed by atoms with E-state index in [9.17, 15) is 15.0 Å². The molecule has 94 valence electrons. The van der Waals surface area contributed by atoms with Gasteiger partial charge in [-0.15, -0.1) is 0 Å². The number of carbonyl (C=O) groups is 1. The number of aliphatic hydroxyl groups is 2. The van der Waals surface area contributed by atoms with Crippen molar-refractivity contribution in [1.82, 2.24) is 4.90 Å². The van der Waals surface area contributed by atoms with Gasteiger partial charge in [-0.25, -0.2) is 0 Å². The van der Waals surface area contributed by atoms with Crippen LogP contribution in [0.5, 0.6) is 0 Å². The lowest BCUT2D eigenvalue weighted by atomic mass is 10.1. The molecule has 0 spiro atoms. The number of likely N-dealkylation sites (tertiary alicyclic amines) is 1. The number of hydrogen-bond acceptors (Lipinski definition) is 4. The van der Waals surface area contributed by atoms with Gasteiger partial charge in [0.15, 0.2) is 0 Å². The van der Waals surface area contributed by atoms with Gasteiger partial charge in [0.1, 0.15) is 0 Å². The van der Waals surface area contributed by atoms with Crippen LogP contribution in [0, 0.1) is 11.3 Å². The van der Waals surface area contributed by atoms with Crippen LogP contribution in [0.15, 0.2) is 24.3 Å². The normalized spacial score (nSPS) is 22.8. The van der Waals surface area contributed by atoms with E-state index >= 15 is 0 Å². The van der Waals surface area contributed by atoms with Crippen LogP contribution in [0.4, 0.5) is 0 Å². The van der Waals surface area contributed by atoms with Crippen molar-refractivity contribution >= 4 is 5.91 Å².